The lowest BCUT2D eigenvalue weighted by Crippen LogP contribution is -2.36. The van der Waals surface area contributed by atoms with E-state index in [4.69, 9.17) is 4.74 Å². The predicted octanol–water partition coefficient (Wildman–Crippen LogP) is 2.42. The number of ether oxygens (including phenoxy) is 1. The summed E-state index contributed by atoms with van der Waals surface area (Å²) in [5, 5.41) is 0. The summed E-state index contributed by atoms with van der Waals surface area (Å²) in [5.74, 6) is 0. The van der Waals surface area contributed by atoms with Gasteiger partial charge in [-0.25, -0.2) is 0 Å². The molecule has 76 valence electrons. The molecule has 13 heavy (non-hydrogen) atoms. The molecule has 1 aliphatic heterocycles. The molecule has 1 rings (SSSR count). The molecule has 1 aliphatic rings. The Hall–Kier alpha value is -0.370. The highest BCUT2D eigenvalue weighted by Crippen LogP contribution is 2.38. The molecule has 1 heterocycles. The highest BCUT2D eigenvalue weighted by Gasteiger charge is 2.36. The third-order valence-electron chi connectivity index (χ3n) is 2.49. The molecule has 1 fully saturated rings. The standard InChI is InChI=1S/C11H20O2/c1-10(2,3)7-11(8-12)5-4-6-13-9-11/h8H,4-7,9H2,1-3H3. The summed E-state index contributed by atoms with van der Waals surface area (Å²) in [4.78, 5) is 11.1. The molecule has 0 N–H and O–H groups in total. The van der Waals surface area contributed by atoms with E-state index < -0.39 is 0 Å². The quantitative estimate of drug-likeness (QED) is 0.616. The van der Waals surface area contributed by atoms with E-state index in [-0.39, 0.29) is 10.8 Å². The zero-order chi connectivity index (χ0) is 9.95. The molecule has 0 radical (unpaired) electrons. The molecule has 0 aromatic rings. The Morgan fingerprint density at radius 3 is 2.54 bits per heavy atom. The van der Waals surface area contributed by atoms with Crippen molar-refractivity contribution in [2.45, 2.75) is 40.0 Å². The van der Waals surface area contributed by atoms with Crippen LogP contribution < -0.4 is 0 Å². The van der Waals surface area contributed by atoms with Crippen LogP contribution in [0.4, 0.5) is 0 Å². The van der Waals surface area contributed by atoms with Gasteiger partial charge in [0.25, 0.3) is 0 Å². The van der Waals surface area contributed by atoms with E-state index in [1.54, 1.807) is 0 Å². The third kappa shape index (κ3) is 3.11. The van der Waals surface area contributed by atoms with Crippen LogP contribution in [-0.2, 0) is 9.53 Å². The van der Waals surface area contributed by atoms with Crippen molar-refractivity contribution in [3.8, 4) is 0 Å². The summed E-state index contributed by atoms with van der Waals surface area (Å²) in [6.07, 6.45) is 4.06. The minimum Gasteiger partial charge on any atom is -0.380 e. The summed E-state index contributed by atoms with van der Waals surface area (Å²) < 4.78 is 5.39. The summed E-state index contributed by atoms with van der Waals surface area (Å²) in [5.41, 5.74) is 0.0120. The molecule has 0 aromatic heterocycles. The van der Waals surface area contributed by atoms with E-state index in [0.29, 0.717) is 6.61 Å². The fourth-order valence-corrected chi connectivity index (χ4v) is 2.20. The van der Waals surface area contributed by atoms with Gasteiger partial charge >= 0.3 is 0 Å². The van der Waals surface area contributed by atoms with Crippen LogP contribution >= 0.6 is 0 Å². The van der Waals surface area contributed by atoms with Gasteiger partial charge < -0.3 is 9.53 Å². The monoisotopic (exact) mass is 184 g/mol. The zero-order valence-electron chi connectivity index (χ0n) is 8.93. The second-order valence-electron chi connectivity index (χ2n) is 5.37. The van der Waals surface area contributed by atoms with Crippen LogP contribution in [-0.4, -0.2) is 19.5 Å². The molecule has 0 amide bonds. The lowest BCUT2D eigenvalue weighted by molar-refractivity contribution is -0.126. The van der Waals surface area contributed by atoms with Gasteiger partial charge in [-0.15, -0.1) is 0 Å². The normalized spacial score (nSPS) is 30.1. The average Bonchev–Trinajstić information content (AvgIpc) is 2.03. The molecule has 1 saturated heterocycles. The van der Waals surface area contributed by atoms with Crippen LogP contribution in [0.5, 0.6) is 0 Å². The maximum absolute atomic E-state index is 11.1. The van der Waals surface area contributed by atoms with Crippen molar-refractivity contribution in [3.05, 3.63) is 0 Å². The average molecular weight is 184 g/mol. The number of aldehydes is 1. The highest BCUT2D eigenvalue weighted by molar-refractivity contribution is 5.59. The van der Waals surface area contributed by atoms with E-state index in [1.807, 2.05) is 0 Å². The summed E-state index contributed by atoms with van der Waals surface area (Å²) >= 11 is 0. The molecular formula is C11H20O2. The fourth-order valence-electron chi connectivity index (χ4n) is 2.20. The van der Waals surface area contributed by atoms with Crippen molar-refractivity contribution in [1.29, 1.82) is 0 Å². The number of hydrogen-bond acceptors (Lipinski definition) is 2. The van der Waals surface area contributed by atoms with Gasteiger partial charge in [0.2, 0.25) is 0 Å². The lowest BCUT2D eigenvalue weighted by Gasteiger charge is -2.36. The van der Waals surface area contributed by atoms with Crippen LogP contribution in [0.3, 0.4) is 0 Å². The van der Waals surface area contributed by atoms with Gasteiger partial charge in [0.05, 0.1) is 6.61 Å². The molecule has 2 nitrogen and oxygen atoms in total. The molecular weight excluding hydrogens is 164 g/mol. The molecule has 0 saturated carbocycles. The first-order valence-electron chi connectivity index (χ1n) is 5.02. The van der Waals surface area contributed by atoms with Crippen molar-refractivity contribution in [3.63, 3.8) is 0 Å². The number of carbonyl (C=O) groups excluding carboxylic acids is 1. The Bertz CT molecular complexity index is 173. The first-order valence-corrected chi connectivity index (χ1v) is 5.02. The van der Waals surface area contributed by atoms with Gasteiger partial charge in [0.1, 0.15) is 6.29 Å². The summed E-state index contributed by atoms with van der Waals surface area (Å²) in [6, 6.07) is 0. The minimum atomic E-state index is -0.198. The van der Waals surface area contributed by atoms with Crippen molar-refractivity contribution in [2.75, 3.05) is 13.2 Å². The molecule has 2 heteroatoms. The molecule has 1 unspecified atom stereocenters. The SMILES string of the molecule is CC(C)(C)CC1(C=O)CCCOC1. The van der Waals surface area contributed by atoms with E-state index in [2.05, 4.69) is 20.8 Å². The first kappa shape index (κ1) is 10.7. The largest absolute Gasteiger partial charge is 0.380 e. The maximum atomic E-state index is 11.1. The first-order chi connectivity index (χ1) is 5.97. The topological polar surface area (TPSA) is 26.3 Å². The molecule has 0 spiro atoms. The third-order valence-corrected chi connectivity index (χ3v) is 2.49. The number of hydrogen-bond donors (Lipinski definition) is 0. The van der Waals surface area contributed by atoms with Crippen LogP contribution in [0.25, 0.3) is 0 Å². The van der Waals surface area contributed by atoms with Gasteiger partial charge in [-0.05, 0) is 24.7 Å². The van der Waals surface area contributed by atoms with Crippen LogP contribution in [0.2, 0.25) is 0 Å². The summed E-state index contributed by atoms with van der Waals surface area (Å²) in [7, 11) is 0. The molecule has 0 bridgehead atoms. The summed E-state index contributed by atoms with van der Waals surface area (Å²) in [6.45, 7) is 7.96. The number of rotatable bonds is 2. The molecule has 0 aliphatic carbocycles. The Morgan fingerprint density at radius 2 is 2.15 bits per heavy atom. The Labute approximate surface area is 80.7 Å². The van der Waals surface area contributed by atoms with Crippen LogP contribution in [0, 0.1) is 10.8 Å². The van der Waals surface area contributed by atoms with Gasteiger partial charge in [0, 0.05) is 12.0 Å². The van der Waals surface area contributed by atoms with Crippen molar-refractivity contribution in [1.82, 2.24) is 0 Å². The molecule has 0 aromatic carbocycles. The van der Waals surface area contributed by atoms with Crippen molar-refractivity contribution >= 4 is 6.29 Å². The molecule has 1 atom stereocenters. The lowest BCUT2D eigenvalue weighted by atomic mass is 9.72. The van der Waals surface area contributed by atoms with Gasteiger partial charge in [0.15, 0.2) is 0 Å². The van der Waals surface area contributed by atoms with Crippen molar-refractivity contribution in [2.24, 2.45) is 10.8 Å². The highest BCUT2D eigenvalue weighted by atomic mass is 16.5. The smallest absolute Gasteiger partial charge is 0.128 e. The van der Waals surface area contributed by atoms with Crippen LogP contribution in [0.1, 0.15) is 40.0 Å². The van der Waals surface area contributed by atoms with Crippen molar-refractivity contribution < 1.29 is 9.53 Å². The maximum Gasteiger partial charge on any atom is 0.128 e. The minimum absolute atomic E-state index is 0.198. The second kappa shape index (κ2) is 3.79. The number of carbonyl (C=O) groups is 1. The van der Waals surface area contributed by atoms with Gasteiger partial charge in [-0.3, -0.25) is 0 Å². The predicted molar refractivity (Wildman–Crippen MR) is 52.6 cm³/mol. The van der Waals surface area contributed by atoms with E-state index in [1.165, 1.54) is 0 Å². The Kier molecular flexibility index (Phi) is 3.12. The fraction of sp³-hybridized carbons (Fsp3) is 0.909. The van der Waals surface area contributed by atoms with E-state index in [0.717, 1.165) is 32.2 Å². The second-order valence-corrected chi connectivity index (χ2v) is 5.37. The van der Waals surface area contributed by atoms with E-state index >= 15 is 0 Å². The Morgan fingerprint density at radius 1 is 1.46 bits per heavy atom. The van der Waals surface area contributed by atoms with E-state index in [9.17, 15) is 4.79 Å². The van der Waals surface area contributed by atoms with Gasteiger partial charge in [-0.2, -0.15) is 0 Å². The zero-order valence-corrected chi connectivity index (χ0v) is 8.93. The van der Waals surface area contributed by atoms with Gasteiger partial charge in [-0.1, -0.05) is 20.8 Å². The van der Waals surface area contributed by atoms with Crippen LogP contribution in [0.15, 0.2) is 0 Å². The Balaban J connectivity index is 2.63.